The molecular weight excluding hydrogens is 330 g/mol. The van der Waals surface area contributed by atoms with Crippen LogP contribution < -0.4 is 5.32 Å². The van der Waals surface area contributed by atoms with E-state index < -0.39 is 0 Å². The van der Waals surface area contributed by atoms with Gasteiger partial charge in [0.25, 0.3) is 0 Å². The molecule has 2 rings (SSSR count). The average Bonchev–Trinajstić information content (AvgIpc) is 2.93. The number of nitrogens with zero attached hydrogens (tertiary/aromatic N) is 2. The highest BCUT2D eigenvalue weighted by atomic mass is 79.9. The van der Waals surface area contributed by atoms with Crippen LogP contribution in [0.2, 0.25) is 0 Å². The minimum Gasteiger partial charge on any atom is -0.394 e. The Hall–Kier alpha value is -0.390. The van der Waals surface area contributed by atoms with Crippen LogP contribution in [0.25, 0.3) is 0 Å². The number of aromatic nitrogens is 2. The molecule has 2 unspecified atom stereocenters. The van der Waals surface area contributed by atoms with Gasteiger partial charge in [-0.2, -0.15) is 5.10 Å². The lowest BCUT2D eigenvalue weighted by Crippen LogP contribution is -2.54. The van der Waals surface area contributed by atoms with E-state index in [1.165, 1.54) is 18.5 Å². The summed E-state index contributed by atoms with van der Waals surface area (Å²) >= 11 is 3.59. The van der Waals surface area contributed by atoms with Gasteiger partial charge >= 0.3 is 0 Å². The molecule has 1 aromatic heterocycles. The van der Waals surface area contributed by atoms with E-state index in [9.17, 15) is 5.11 Å². The van der Waals surface area contributed by atoms with Crippen LogP contribution in [-0.2, 0) is 6.54 Å². The van der Waals surface area contributed by atoms with E-state index in [4.69, 9.17) is 0 Å². The number of aliphatic hydroxyl groups is 1. The molecule has 5 heteroatoms. The first-order chi connectivity index (χ1) is 9.89. The van der Waals surface area contributed by atoms with E-state index in [1.54, 1.807) is 0 Å². The minimum absolute atomic E-state index is 0.0957. The van der Waals surface area contributed by atoms with Crippen molar-refractivity contribution in [3.05, 3.63) is 15.9 Å². The molecule has 21 heavy (non-hydrogen) atoms. The Labute approximate surface area is 136 Å². The molecule has 1 aromatic rings. The number of hydrogen-bond donors (Lipinski definition) is 2. The number of hydrogen-bond acceptors (Lipinski definition) is 3. The maximum Gasteiger partial charge on any atom is 0.0738 e. The first-order valence-corrected chi connectivity index (χ1v) is 8.77. The zero-order valence-electron chi connectivity index (χ0n) is 13.6. The van der Waals surface area contributed by atoms with Gasteiger partial charge in [0.1, 0.15) is 0 Å². The van der Waals surface area contributed by atoms with E-state index in [0.717, 1.165) is 29.6 Å². The van der Waals surface area contributed by atoms with Gasteiger partial charge in [-0.05, 0) is 55.0 Å². The molecular formula is C16H28BrN3O. The summed E-state index contributed by atoms with van der Waals surface area (Å²) < 4.78 is 3.21. The third-order valence-electron chi connectivity index (χ3n) is 4.80. The van der Waals surface area contributed by atoms with Gasteiger partial charge in [0.05, 0.1) is 16.8 Å². The fourth-order valence-corrected chi connectivity index (χ4v) is 4.04. The van der Waals surface area contributed by atoms with Crippen molar-refractivity contribution in [3.63, 3.8) is 0 Å². The molecule has 0 radical (unpaired) electrons. The van der Waals surface area contributed by atoms with Gasteiger partial charge in [0, 0.05) is 23.8 Å². The van der Waals surface area contributed by atoms with Crippen molar-refractivity contribution in [2.75, 3.05) is 6.61 Å². The topological polar surface area (TPSA) is 50.1 Å². The predicted octanol–water partition coefficient (Wildman–Crippen LogP) is 3.18. The molecule has 2 atom stereocenters. The molecule has 120 valence electrons. The van der Waals surface area contributed by atoms with Gasteiger partial charge in [-0.3, -0.25) is 4.68 Å². The predicted molar refractivity (Wildman–Crippen MR) is 89.4 cm³/mol. The highest BCUT2D eigenvalue weighted by Gasteiger charge is 2.42. The number of halogens is 1. The third-order valence-corrected chi connectivity index (χ3v) is 5.95. The monoisotopic (exact) mass is 357 g/mol. The van der Waals surface area contributed by atoms with Crippen LogP contribution >= 0.6 is 15.9 Å². The van der Waals surface area contributed by atoms with Crippen LogP contribution in [0.3, 0.4) is 0 Å². The Balaban J connectivity index is 2.05. The summed E-state index contributed by atoms with van der Waals surface area (Å²) in [6, 6.07) is 0.403. The van der Waals surface area contributed by atoms with Gasteiger partial charge in [-0.25, -0.2) is 0 Å². The summed E-state index contributed by atoms with van der Waals surface area (Å²) in [4.78, 5) is 0. The van der Waals surface area contributed by atoms with Crippen LogP contribution in [0.4, 0.5) is 0 Å². The largest absolute Gasteiger partial charge is 0.394 e. The Bertz CT molecular complexity index is 486. The fraction of sp³-hybridized carbons (Fsp3) is 0.812. The summed E-state index contributed by atoms with van der Waals surface area (Å²) in [7, 11) is 0. The molecule has 0 spiro atoms. The zero-order chi connectivity index (χ0) is 15.6. The van der Waals surface area contributed by atoms with Crippen molar-refractivity contribution in [2.24, 2.45) is 5.92 Å². The second-order valence-electron chi connectivity index (χ2n) is 6.70. The molecule has 1 saturated carbocycles. The van der Waals surface area contributed by atoms with Crippen LogP contribution in [0, 0.1) is 19.8 Å². The normalized spacial score (nSPS) is 26.0. The number of nitrogens with one attached hydrogen (secondary N) is 1. The van der Waals surface area contributed by atoms with Crippen molar-refractivity contribution in [3.8, 4) is 0 Å². The van der Waals surface area contributed by atoms with Gasteiger partial charge in [0.2, 0.25) is 0 Å². The Morgan fingerprint density at radius 2 is 2.19 bits per heavy atom. The van der Waals surface area contributed by atoms with E-state index in [0.29, 0.717) is 12.0 Å². The highest BCUT2D eigenvalue weighted by molar-refractivity contribution is 9.10. The summed E-state index contributed by atoms with van der Waals surface area (Å²) in [6.07, 6.45) is 4.54. The average molecular weight is 358 g/mol. The Kier molecular flexibility index (Phi) is 5.49. The van der Waals surface area contributed by atoms with Gasteiger partial charge in [-0.15, -0.1) is 0 Å². The van der Waals surface area contributed by atoms with Crippen LogP contribution in [-0.4, -0.2) is 33.1 Å². The van der Waals surface area contributed by atoms with Crippen molar-refractivity contribution in [1.29, 1.82) is 0 Å². The molecule has 0 saturated heterocycles. The van der Waals surface area contributed by atoms with Crippen LogP contribution in [0.15, 0.2) is 4.47 Å². The van der Waals surface area contributed by atoms with Crippen molar-refractivity contribution < 1.29 is 5.11 Å². The highest BCUT2D eigenvalue weighted by Crippen LogP contribution is 2.38. The van der Waals surface area contributed by atoms with E-state index in [1.807, 2.05) is 6.92 Å². The lowest BCUT2D eigenvalue weighted by atomic mass is 9.84. The number of aliphatic hydroxyl groups excluding tert-OH is 1. The maximum atomic E-state index is 9.94. The molecule has 1 aliphatic rings. The lowest BCUT2D eigenvalue weighted by molar-refractivity contribution is 0.108. The molecule has 1 aliphatic carbocycles. The second-order valence-corrected chi connectivity index (χ2v) is 7.49. The fourth-order valence-electron chi connectivity index (χ4n) is 3.75. The quantitative estimate of drug-likeness (QED) is 0.821. The molecule has 2 N–H and O–H groups in total. The molecule has 0 amide bonds. The van der Waals surface area contributed by atoms with Crippen molar-refractivity contribution in [1.82, 2.24) is 15.1 Å². The van der Waals surface area contributed by atoms with E-state index in [-0.39, 0.29) is 12.1 Å². The molecule has 1 fully saturated rings. The van der Waals surface area contributed by atoms with Gasteiger partial charge < -0.3 is 10.4 Å². The molecule has 0 aliphatic heterocycles. The lowest BCUT2D eigenvalue weighted by Gasteiger charge is -2.37. The Morgan fingerprint density at radius 1 is 1.48 bits per heavy atom. The van der Waals surface area contributed by atoms with Crippen LogP contribution in [0.5, 0.6) is 0 Å². The molecule has 0 aromatic carbocycles. The number of rotatable bonds is 6. The minimum atomic E-state index is -0.0957. The first-order valence-electron chi connectivity index (χ1n) is 7.97. The first kappa shape index (κ1) is 17.0. The van der Waals surface area contributed by atoms with E-state index >= 15 is 0 Å². The van der Waals surface area contributed by atoms with Gasteiger partial charge in [0.15, 0.2) is 0 Å². The molecule has 4 nitrogen and oxygen atoms in total. The van der Waals surface area contributed by atoms with Crippen molar-refractivity contribution in [2.45, 2.75) is 71.5 Å². The van der Waals surface area contributed by atoms with Gasteiger partial charge in [-0.1, -0.05) is 20.3 Å². The summed E-state index contributed by atoms with van der Waals surface area (Å²) in [6.45, 7) is 9.60. The maximum absolute atomic E-state index is 9.94. The molecule has 0 bridgehead atoms. The van der Waals surface area contributed by atoms with E-state index in [2.05, 4.69) is 51.8 Å². The summed E-state index contributed by atoms with van der Waals surface area (Å²) in [5, 5.41) is 18.2. The summed E-state index contributed by atoms with van der Waals surface area (Å²) in [5.74, 6) is 0.521. The van der Waals surface area contributed by atoms with Crippen molar-refractivity contribution >= 4 is 15.9 Å². The standard InChI is InChI=1S/C16H28BrN3O/c1-11(2)18-16(10-21)8-5-6-14(16)7-9-20-13(4)15(17)12(3)19-20/h11,14,18,21H,5-10H2,1-4H3. The Morgan fingerprint density at radius 3 is 2.71 bits per heavy atom. The summed E-state index contributed by atoms with van der Waals surface area (Å²) in [5.41, 5.74) is 2.14. The third kappa shape index (κ3) is 3.51. The SMILES string of the molecule is Cc1nn(CCC2CCCC2(CO)NC(C)C)c(C)c1Br. The zero-order valence-corrected chi connectivity index (χ0v) is 15.2. The second kappa shape index (κ2) is 6.80. The van der Waals surface area contributed by atoms with Crippen LogP contribution in [0.1, 0.15) is 50.9 Å². The molecule has 1 heterocycles. The number of aryl methyl sites for hydroxylation is 2. The smallest absolute Gasteiger partial charge is 0.0738 e.